The molecule has 3 amide bonds. The van der Waals surface area contributed by atoms with Crippen LogP contribution in [-0.4, -0.2) is 53.4 Å². The number of fused-ring (bicyclic) bond motifs is 1. The van der Waals surface area contributed by atoms with E-state index in [0.29, 0.717) is 55.4 Å². The molecule has 0 saturated carbocycles. The van der Waals surface area contributed by atoms with E-state index in [0.717, 1.165) is 17.7 Å². The molecule has 36 heavy (non-hydrogen) atoms. The van der Waals surface area contributed by atoms with E-state index >= 15 is 0 Å². The lowest BCUT2D eigenvalue weighted by Gasteiger charge is -2.39. The van der Waals surface area contributed by atoms with Crippen molar-refractivity contribution in [3.05, 3.63) is 53.6 Å². The van der Waals surface area contributed by atoms with Gasteiger partial charge in [-0.25, -0.2) is 4.79 Å². The number of hydrogen-bond donors (Lipinski definition) is 3. The maximum absolute atomic E-state index is 12.8. The summed E-state index contributed by atoms with van der Waals surface area (Å²) in [6.07, 6.45) is -3.11. The Morgan fingerprint density at radius 3 is 2.53 bits per heavy atom. The number of piperidine rings is 1. The molecular formula is C24H25F3N4O4S. The van der Waals surface area contributed by atoms with Crippen molar-refractivity contribution in [2.45, 2.75) is 36.5 Å². The average molecular weight is 523 g/mol. The number of alkyl halides is 3. The lowest BCUT2D eigenvalue weighted by molar-refractivity contribution is -0.137. The molecule has 12 heteroatoms. The van der Waals surface area contributed by atoms with Crippen molar-refractivity contribution in [1.82, 2.24) is 15.5 Å². The second-order valence-corrected chi connectivity index (χ2v) is 10.3. The van der Waals surface area contributed by atoms with Gasteiger partial charge < -0.3 is 25.0 Å². The summed E-state index contributed by atoms with van der Waals surface area (Å²) in [5.74, 6) is 1.91. The lowest BCUT2D eigenvalue weighted by Crippen LogP contribution is -2.54. The number of thioether (sulfide) groups is 1. The number of halogens is 3. The smallest absolute Gasteiger partial charge is 0.416 e. The van der Waals surface area contributed by atoms with Crippen LogP contribution in [0.5, 0.6) is 11.5 Å². The van der Waals surface area contributed by atoms with E-state index in [4.69, 9.17) is 9.47 Å². The predicted molar refractivity (Wildman–Crippen MR) is 128 cm³/mol. The molecule has 1 unspecified atom stereocenters. The highest BCUT2D eigenvalue weighted by Gasteiger charge is 2.44. The van der Waals surface area contributed by atoms with Crippen molar-refractivity contribution in [2.75, 3.05) is 31.0 Å². The second kappa shape index (κ2) is 9.74. The number of nitrogens with one attached hydrogen (secondary N) is 3. The van der Waals surface area contributed by atoms with Crippen molar-refractivity contribution < 1.29 is 32.2 Å². The SMILES string of the molecule is O=C(NCc1ccc2c(c1)OCO2)C1CSC2(CCN(C(=O)Nc3ccc(C(F)(F)F)cc3)CC2)N1. The minimum absolute atomic E-state index is 0.0838. The van der Waals surface area contributed by atoms with Gasteiger partial charge in [0.2, 0.25) is 12.7 Å². The van der Waals surface area contributed by atoms with Gasteiger partial charge in [0.15, 0.2) is 11.5 Å². The third-order valence-electron chi connectivity index (χ3n) is 6.51. The van der Waals surface area contributed by atoms with Gasteiger partial charge in [-0.3, -0.25) is 10.1 Å². The van der Waals surface area contributed by atoms with Crippen LogP contribution in [0.25, 0.3) is 0 Å². The van der Waals surface area contributed by atoms with Gasteiger partial charge in [0, 0.05) is 31.1 Å². The highest BCUT2D eigenvalue weighted by atomic mass is 32.2. The fraction of sp³-hybridized carbons (Fsp3) is 0.417. The molecule has 1 atom stereocenters. The van der Waals surface area contributed by atoms with E-state index in [2.05, 4.69) is 16.0 Å². The molecule has 3 aliphatic rings. The van der Waals surface area contributed by atoms with Crippen molar-refractivity contribution in [1.29, 1.82) is 0 Å². The van der Waals surface area contributed by atoms with E-state index in [9.17, 15) is 22.8 Å². The van der Waals surface area contributed by atoms with Crippen molar-refractivity contribution in [2.24, 2.45) is 0 Å². The van der Waals surface area contributed by atoms with Crippen LogP contribution in [0.3, 0.4) is 0 Å². The lowest BCUT2D eigenvalue weighted by atomic mass is 10.0. The third-order valence-corrected chi connectivity index (χ3v) is 8.08. The Balaban J connectivity index is 1.08. The van der Waals surface area contributed by atoms with Crippen LogP contribution < -0.4 is 25.4 Å². The number of carbonyl (C=O) groups is 2. The first kappa shape index (κ1) is 24.6. The molecule has 3 aliphatic heterocycles. The monoisotopic (exact) mass is 522 g/mol. The molecule has 3 N–H and O–H groups in total. The first-order valence-corrected chi connectivity index (χ1v) is 12.5. The summed E-state index contributed by atoms with van der Waals surface area (Å²) in [6, 6.07) is 9.24. The number of nitrogens with zero attached hydrogens (tertiary/aromatic N) is 1. The largest absolute Gasteiger partial charge is 0.454 e. The Kier molecular flexibility index (Phi) is 6.64. The van der Waals surface area contributed by atoms with Gasteiger partial charge >= 0.3 is 12.2 Å². The number of hydrogen-bond acceptors (Lipinski definition) is 6. The molecule has 2 aromatic carbocycles. The molecule has 1 spiro atoms. The zero-order chi connectivity index (χ0) is 25.3. The quantitative estimate of drug-likeness (QED) is 0.566. The first-order valence-electron chi connectivity index (χ1n) is 11.5. The Labute approximate surface area is 209 Å². The van der Waals surface area contributed by atoms with Crippen LogP contribution in [0.4, 0.5) is 23.7 Å². The van der Waals surface area contributed by atoms with Gasteiger partial charge in [-0.1, -0.05) is 6.07 Å². The zero-order valence-corrected chi connectivity index (χ0v) is 20.0. The number of anilines is 1. The maximum Gasteiger partial charge on any atom is 0.416 e. The van der Waals surface area contributed by atoms with Gasteiger partial charge in [0.25, 0.3) is 0 Å². The van der Waals surface area contributed by atoms with E-state index in [1.165, 1.54) is 12.1 Å². The van der Waals surface area contributed by atoms with Gasteiger partial charge in [-0.05, 0) is 54.8 Å². The normalized spacial score (nSPS) is 20.4. The summed E-state index contributed by atoms with van der Waals surface area (Å²) in [7, 11) is 0. The van der Waals surface area contributed by atoms with Gasteiger partial charge in [0.1, 0.15) is 0 Å². The molecule has 8 nitrogen and oxygen atoms in total. The predicted octanol–water partition coefficient (Wildman–Crippen LogP) is 3.78. The van der Waals surface area contributed by atoms with Crippen LogP contribution in [0.15, 0.2) is 42.5 Å². The van der Waals surface area contributed by atoms with Crippen LogP contribution >= 0.6 is 11.8 Å². The second-order valence-electron chi connectivity index (χ2n) is 8.90. The minimum atomic E-state index is -4.42. The van der Waals surface area contributed by atoms with E-state index in [1.54, 1.807) is 16.7 Å². The molecule has 0 radical (unpaired) electrons. The Hall–Kier alpha value is -3.12. The van der Waals surface area contributed by atoms with Crippen LogP contribution in [0, 0.1) is 0 Å². The molecule has 5 rings (SSSR count). The Morgan fingerprint density at radius 2 is 1.81 bits per heavy atom. The highest BCUT2D eigenvalue weighted by molar-refractivity contribution is 8.01. The fourth-order valence-corrected chi connectivity index (χ4v) is 5.87. The van der Waals surface area contributed by atoms with Gasteiger partial charge in [0.05, 0.1) is 16.5 Å². The van der Waals surface area contributed by atoms with Gasteiger partial charge in [-0.15, -0.1) is 11.8 Å². The molecule has 0 aromatic heterocycles. The van der Waals surface area contributed by atoms with E-state index in [1.807, 2.05) is 18.2 Å². The van der Waals surface area contributed by atoms with Crippen molar-refractivity contribution in [3.63, 3.8) is 0 Å². The fourth-order valence-electron chi connectivity index (χ4n) is 4.45. The molecule has 0 bridgehead atoms. The van der Waals surface area contributed by atoms with Crippen LogP contribution in [0.2, 0.25) is 0 Å². The summed E-state index contributed by atoms with van der Waals surface area (Å²) in [5, 5.41) is 9.08. The minimum Gasteiger partial charge on any atom is -0.454 e. The summed E-state index contributed by atoms with van der Waals surface area (Å²) in [6.45, 7) is 1.52. The third kappa shape index (κ3) is 5.34. The van der Waals surface area contributed by atoms with E-state index < -0.39 is 11.7 Å². The van der Waals surface area contributed by atoms with Gasteiger partial charge in [-0.2, -0.15) is 13.2 Å². The maximum atomic E-state index is 12.8. The van der Waals surface area contributed by atoms with Crippen molar-refractivity contribution >= 4 is 29.4 Å². The number of carbonyl (C=O) groups excluding carboxylic acids is 2. The molecule has 0 aliphatic carbocycles. The Morgan fingerprint density at radius 1 is 1.08 bits per heavy atom. The summed E-state index contributed by atoms with van der Waals surface area (Å²) in [5.41, 5.74) is 0.459. The summed E-state index contributed by atoms with van der Waals surface area (Å²) < 4.78 is 48.8. The molecule has 2 fully saturated rings. The summed E-state index contributed by atoms with van der Waals surface area (Å²) >= 11 is 1.69. The number of benzene rings is 2. The number of rotatable bonds is 4. The first-order chi connectivity index (χ1) is 17.2. The van der Waals surface area contributed by atoms with E-state index in [-0.39, 0.29) is 29.6 Å². The van der Waals surface area contributed by atoms with Crippen LogP contribution in [-0.2, 0) is 17.5 Å². The molecule has 2 saturated heterocycles. The molecule has 192 valence electrons. The molecular weight excluding hydrogens is 497 g/mol. The molecule has 3 heterocycles. The highest BCUT2D eigenvalue weighted by Crippen LogP contribution is 2.39. The Bertz CT molecular complexity index is 1140. The average Bonchev–Trinajstić information content (AvgIpc) is 3.50. The number of ether oxygens (including phenoxy) is 2. The zero-order valence-electron chi connectivity index (χ0n) is 19.2. The standard InChI is InChI=1S/C24H25F3N4O4S/c25-24(26,27)16-2-4-17(5-3-16)29-22(33)31-9-7-23(8-10-31)30-18(13-36-23)21(32)28-12-15-1-6-19-20(11-15)35-14-34-19/h1-6,11,18,30H,7-10,12-14H2,(H,28,32)(H,29,33). The topological polar surface area (TPSA) is 91.9 Å². The number of likely N-dealkylation sites (tertiary alicyclic amines) is 1. The summed E-state index contributed by atoms with van der Waals surface area (Å²) in [4.78, 5) is 26.7. The number of urea groups is 1. The number of amides is 3. The van der Waals surface area contributed by atoms with Crippen molar-refractivity contribution in [3.8, 4) is 11.5 Å². The van der Waals surface area contributed by atoms with Crippen LogP contribution in [0.1, 0.15) is 24.0 Å². The molecule has 2 aromatic rings.